The summed E-state index contributed by atoms with van der Waals surface area (Å²) in [4.78, 5) is 34.7. The van der Waals surface area contributed by atoms with Crippen LogP contribution < -0.4 is 16.0 Å². The smallest absolute Gasteiger partial charge is 0.293 e. The first-order chi connectivity index (χ1) is 12.5. The molecule has 8 heteroatoms. The second-order valence-electron chi connectivity index (χ2n) is 5.48. The number of carbonyl (C=O) groups excluding carboxylic acids is 2. The maximum Gasteiger partial charge on any atom is 0.293 e. The first-order valence-corrected chi connectivity index (χ1v) is 8.08. The van der Waals surface area contributed by atoms with Crippen LogP contribution in [0.15, 0.2) is 42.5 Å². The van der Waals surface area contributed by atoms with Crippen molar-refractivity contribution in [1.29, 1.82) is 0 Å². The zero-order chi connectivity index (χ0) is 19.1. The lowest BCUT2D eigenvalue weighted by Crippen LogP contribution is -2.33. The van der Waals surface area contributed by atoms with Crippen molar-refractivity contribution in [3.8, 4) is 0 Å². The van der Waals surface area contributed by atoms with Crippen LogP contribution in [0.5, 0.6) is 0 Å². The molecule has 0 fully saturated rings. The Morgan fingerprint density at radius 2 is 1.85 bits per heavy atom. The SMILES string of the molecule is CCc1ccccc1NC(=O)CNC(=O)c1ccc(NC)c([N+](=O)[O-])c1. The molecular formula is C18H20N4O4. The van der Waals surface area contributed by atoms with E-state index in [9.17, 15) is 19.7 Å². The summed E-state index contributed by atoms with van der Waals surface area (Å²) in [5.41, 5.74) is 1.90. The van der Waals surface area contributed by atoms with Crippen LogP contribution in [-0.2, 0) is 11.2 Å². The summed E-state index contributed by atoms with van der Waals surface area (Å²) in [5, 5.41) is 19.0. The van der Waals surface area contributed by atoms with E-state index in [-0.39, 0.29) is 23.7 Å². The van der Waals surface area contributed by atoms with Crippen LogP contribution in [0.4, 0.5) is 17.1 Å². The van der Waals surface area contributed by atoms with Crippen LogP contribution in [0.25, 0.3) is 0 Å². The first kappa shape index (κ1) is 18.9. The number of nitro groups is 1. The van der Waals surface area contributed by atoms with Crippen LogP contribution >= 0.6 is 0 Å². The third-order valence-corrected chi connectivity index (χ3v) is 3.81. The Kier molecular flexibility index (Phi) is 6.26. The molecule has 2 aromatic carbocycles. The van der Waals surface area contributed by atoms with Crippen molar-refractivity contribution >= 4 is 28.9 Å². The molecule has 0 heterocycles. The molecule has 0 aliphatic rings. The van der Waals surface area contributed by atoms with E-state index in [1.807, 2.05) is 25.1 Å². The highest BCUT2D eigenvalue weighted by Crippen LogP contribution is 2.24. The molecule has 0 saturated carbocycles. The molecule has 2 aromatic rings. The molecule has 8 nitrogen and oxygen atoms in total. The van der Waals surface area contributed by atoms with Gasteiger partial charge < -0.3 is 16.0 Å². The molecule has 0 radical (unpaired) electrons. The monoisotopic (exact) mass is 356 g/mol. The van der Waals surface area contributed by atoms with Gasteiger partial charge >= 0.3 is 0 Å². The molecule has 26 heavy (non-hydrogen) atoms. The van der Waals surface area contributed by atoms with Gasteiger partial charge in [-0.25, -0.2) is 0 Å². The molecule has 2 amide bonds. The van der Waals surface area contributed by atoms with Gasteiger partial charge in [0, 0.05) is 24.4 Å². The van der Waals surface area contributed by atoms with Crippen LogP contribution in [0.3, 0.4) is 0 Å². The predicted molar refractivity (Wildman–Crippen MR) is 99.4 cm³/mol. The number of hydrogen-bond donors (Lipinski definition) is 3. The Morgan fingerprint density at radius 1 is 1.12 bits per heavy atom. The van der Waals surface area contributed by atoms with Gasteiger partial charge in [0.1, 0.15) is 5.69 Å². The normalized spacial score (nSPS) is 10.1. The fraction of sp³-hybridized carbons (Fsp3) is 0.222. The van der Waals surface area contributed by atoms with Crippen LogP contribution in [0.2, 0.25) is 0 Å². The number of amides is 2. The van der Waals surface area contributed by atoms with Gasteiger partial charge in [-0.3, -0.25) is 19.7 Å². The molecule has 0 aliphatic heterocycles. The van der Waals surface area contributed by atoms with Crippen molar-refractivity contribution in [2.45, 2.75) is 13.3 Å². The summed E-state index contributed by atoms with van der Waals surface area (Å²) >= 11 is 0. The van der Waals surface area contributed by atoms with E-state index in [0.717, 1.165) is 12.0 Å². The quantitative estimate of drug-likeness (QED) is 0.521. The van der Waals surface area contributed by atoms with E-state index in [0.29, 0.717) is 11.4 Å². The highest BCUT2D eigenvalue weighted by Gasteiger charge is 2.17. The van der Waals surface area contributed by atoms with Crippen LogP contribution in [0, 0.1) is 10.1 Å². The van der Waals surface area contributed by atoms with Crippen molar-refractivity contribution in [3.63, 3.8) is 0 Å². The summed E-state index contributed by atoms with van der Waals surface area (Å²) < 4.78 is 0. The van der Waals surface area contributed by atoms with E-state index in [4.69, 9.17) is 0 Å². The molecule has 0 aromatic heterocycles. The van der Waals surface area contributed by atoms with Crippen molar-refractivity contribution in [2.75, 3.05) is 24.2 Å². The second-order valence-corrected chi connectivity index (χ2v) is 5.48. The molecule has 0 unspecified atom stereocenters. The number of aryl methyl sites for hydroxylation is 1. The summed E-state index contributed by atoms with van der Waals surface area (Å²) in [6.45, 7) is 1.74. The van der Waals surface area contributed by atoms with E-state index in [2.05, 4.69) is 16.0 Å². The number of nitrogens with one attached hydrogen (secondary N) is 3. The topological polar surface area (TPSA) is 113 Å². The maximum atomic E-state index is 12.2. The van der Waals surface area contributed by atoms with Crippen LogP contribution in [-0.4, -0.2) is 30.3 Å². The Labute approximate surface area is 150 Å². The number of anilines is 2. The maximum absolute atomic E-state index is 12.2. The lowest BCUT2D eigenvalue weighted by atomic mass is 10.1. The van der Waals surface area contributed by atoms with Crippen LogP contribution in [0.1, 0.15) is 22.8 Å². The largest absolute Gasteiger partial charge is 0.383 e. The standard InChI is InChI=1S/C18H20N4O4/c1-3-12-6-4-5-7-14(12)21-17(23)11-20-18(24)13-8-9-15(19-2)16(10-13)22(25)26/h4-10,19H,3,11H2,1-2H3,(H,20,24)(H,21,23). The Morgan fingerprint density at radius 3 is 2.50 bits per heavy atom. The summed E-state index contributed by atoms with van der Waals surface area (Å²) in [6.07, 6.45) is 0.768. The minimum Gasteiger partial charge on any atom is -0.383 e. The van der Waals surface area contributed by atoms with Gasteiger partial charge in [-0.05, 0) is 30.2 Å². The van der Waals surface area contributed by atoms with Crippen molar-refractivity contribution in [3.05, 3.63) is 63.7 Å². The van der Waals surface area contributed by atoms with Gasteiger partial charge in [-0.15, -0.1) is 0 Å². The van der Waals surface area contributed by atoms with Gasteiger partial charge in [0.2, 0.25) is 5.91 Å². The van der Waals surface area contributed by atoms with Gasteiger partial charge in [0.15, 0.2) is 0 Å². The number of carbonyl (C=O) groups is 2. The summed E-state index contributed by atoms with van der Waals surface area (Å²) in [5.74, 6) is -0.935. The number of nitrogens with zero attached hydrogens (tertiary/aromatic N) is 1. The van der Waals surface area contributed by atoms with E-state index >= 15 is 0 Å². The van der Waals surface area contributed by atoms with Gasteiger partial charge in [0.05, 0.1) is 11.5 Å². The summed E-state index contributed by atoms with van der Waals surface area (Å²) in [6, 6.07) is 11.5. The molecule has 0 spiro atoms. The molecule has 3 N–H and O–H groups in total. The number of nitro benzene ring substituents is 1. The number of rotatable bonds is 7. The van der Waals surface area contributed by atoms with Gasteiger partial charge in [-0.1, -0.05) is 25.1 Å². The number of benzene rings is 2. The Balaban J connectivity index is 2.01. The van der Waals surface area contributed by atoms with Gasteiger partial charge in [0.25, 0.3) is 11.6 Å². The fourth-order valence-corrected chi connectivity index (χ4v) is 2.44. The molecular weight excluding hydrogens is 336 g/mol. The minimum atomic E-state index is -0.572. The van der Waals surface area contributed by atoms with Crippen molar-refractivity contribution in [1.82, 2.24) is 5.32 Å². The average Bonchev–Trinajstić information content (AvgIpc) is 2.65. The number of hydrogen-bond acceptors (Lipinski definition) is 5. The van der Waals surface area contributed by atoms with Crippen molar-refractivity contribution < 1.29 is 14.5 Å². The zero-order valence-corrected chi connectivity index (χ0v) is 14.5. The summed E-state index contributed by atoms with van der Waals surface area (Å²) in [7, 11) is 1.56. The molecule has 2 rings (SSSR count). The van der Waals surface area contributed by atoms with E-state index in [1.165, 1.54) is 18.2 Å². The molecule has 0 saturated heterocycles. The Hall–Kier alpha value is -3.42. The zero-order valence-electron chi connectivity index (χ0n) is 14.5. The highest BCUT2D eigenvalue weighted by molar-refractivity contribution is 6.00. The highest BCUT2D eigenvalue weighted by atomic mass is 16.6. The first-order valence-electron chi connectivity index (χ1n) is 8.08. The third-order valence-electron chi connectivity index (χ3n) is 3.81. The molecule has 0 aliphatic carbocycles. The third kappa shape index (κ3) is 4.56. The average molecular weight is 356 g/mol. The second kappa shape index (κ2) is 8.61. The predicted octanol–water partition coefficient (Wildman–Crippen LogP) is 2.57. The molecule has 0 atom stereocenters. The molecule has 136 valence electrons. The van der Waals surface area contributed by atoms with E-state index in [1.54, 1.807) is 13.1 Å². The fourth-order valence-electron chi connectivity index (χ4n) is 2.44. The van der Waals surface area contributed by atoms with Crippen molar-refractivity contribution in [2.24, 2.45) is 0 Å². The molecule has 0 bridgehead atoms. The lowest BCUT2D eigenvalue weighted by Gasteiger charge is -2.10. The minimum absolute atomic E-state index is 0.109. The lowest BCUT2D eigenvalue weighted by molar-refractivity contribution is -0.384. The van der Waals surface area contributed by atoms with E-state index < -0.39 is 10.8 Å². The Bertz CT molecular complexity index is 836. The number of para-hydroxylation sites is 1. The van der Waals surface area contributed by atoms with Gasteiger partial charge in [-0.2, -0.15) is 0 Å².